The summed E-state index contributed by atoms with van der Waals surface area (Å²) < 4.78 is 27.2. The van der Waals surface area contributed by atoms with Gasteiger partial charge in [0.05, 0.1) is 0 Å². The van der Waals surface area contributed by atoms with Crippen molar-refractivity contribution < 1.29 is 18.0 Å². The van der Waals surface area contributed by atoms with E-state index >= 15 is 0 Å². The molecule has 2 heterocycles. The number of urea groups is 1. The van der Waals surface area contributed by atoms with Crippen molar-refractivity contribution in [3.05, 3.63) is 53.4 Å². The second-order valence-corrected chi connectivity index (χ2v) is 9.37. The van der Waals surface area contributed by atoms with Crippen molar-refractivity contribution in [1.82, 2.24) is 19.8 Å². The van der Waals surface area contributed by atoms with Gasteiger partial charge in [-0.1, -0.05) is 36.4 Å². The minimum Gasteiger partial charge on any atom is -0.341 e. The second kappa shape index (κ2) is 8.82. The third-order valence-electron chi connectivity index (χ3n) is 4.56. The highest BCUT2D eigenvalue weighted by Crippen LogP contribution is 2.26. The third kappa shape index (κ3) is 4.41. The molecule has 0 saturated carbocycles. The lowest BCUT2D eigenvalue weighted by Crippen LogP contribution is -2.53. The Morgan fingerprint density at radius 2 is 1.71 bits per heavy atom. The molecule has 1 aromatic carbocycles. The first kappa shape index (κ1) is 20.5. The highest BCUT2D eigenvalue weighted by molar-refractivity contribution is 7.91. The maximum Gasteiger partial charge on any atom is 0.321 e. The largest absolute Gasteiger partial charge is 0.341 e. The highest BCUT2D eigenvalue weighted by Gasteiger charge is 2.35. The van der Waals surface area contributed by atoms with E-state index < -0.39 is 28.0 Å². The molecule has 0 bridgehead atoms. The monoisotopic (exact) mass is 422 g/mol. The Morgan fingerprint density at radius 3 is 2.29 bits per heavy atom. The summed E-state index contributed by atoms with van der Waals surface area (Å²) in [6.45, 7) is 1.31. The molecular formula is C18H22N4O4S2. The van der Waals surface area contributed by atoms with Crippen molar-refractivity contribution in [3.63, 3.8) is 0 Å². The maximum atomic E-state index is 12.7. The van der Waals surface area contributed by atoms with Crippen molar-refractivity contribution in [2.75, 3.05) is 33.2 Å². The lowest BCUT2D eigenvalue weighted by molar-refractivity contribution is -0.126. The van der Waals surface area contributed by atoms with Gasteiger partial charge in [-0.3, -0.25) is 15.0 Å². The van der Waals surface area contributed by atoms with Gasteiger partial charge < -0.3 is 5.32 Å². The van der Waals surface area contributed by atoms with Crippen LogP contribution in [0, 0.1) is 0 Å². The topological polar surface area (TPSA) is 98.8 Å². The lowest BCUT2D eigenvalue weighted by Gasteiger charge is -2.37. The zero-order valence-electron chi connectivity index (χ0n) is 15.4. The van der Waals surface area contributed by atoms with Gasteiger partial charge in [-0.15, -0.1) is 11.3 Å². The lowest BCUT2D eigenvalue weighted by atomic mass is 10.0. The van der Waals surface area contributed by atoms with Gasteiger partial charge in [0, 0.05) is 33.2 Å². The summed E-state index contributed by atoms with van der Waals surface area (Å²) in [6, 6.07) is 11.2. The van der Waals surface area contributed by atoms with E-state index in [2.05, 4.69) is 10.6 Å². The molecule has 3 rings (SSSR count). The highest BCUT2D eigenvalue weighted by atomic mass is 32.2. The number of rotatable bonds is 5. The number of hydrogen-bond donors (Lipinski definition) is 2. The average molecular weight is 423 g/mol. The molecular weight excluding hydrogens is 400 g/mol. The summed E-state index contributed by atoms with van der Waals surface area (Å²) in [4.78, 5) is 26.2. The fourth-order valence-corrected chi connectivity index (χ4v) is 5.71. The van der Waals surface area contributed by atoms with E-state index in [1.807, 2.05) is 35.2 Å². The third-order valence-corrected chi connectivity index (χ3v) is 7.83. The molecule has 1 unspecified atom stereocenters. The van der Waals surface area contributed by atoms with E-state index in [0.717, 1.165) is 5.56 Å². The van der Waals surface area contributed by atoms with Crippen molar-refractivity contribution in [3.8, 4) is 0 Å². The number of imide groups is 1. The SMILES string of the molecule is CNC(=O)NC(=O)C(c1ccccc1)N1CCN(S(=O)(=O)c2cccs2)CC1. The number of carbonyl (C=O) groups excluding carboxylic acids is 2. The minimum atomic E-state index is -3.52. The predicted octanol–water partition coefficient (Wildman–Crippen LogP) is 1.25. The summed E-state index contributed by atoms with van der Waals surface area (Å²) >= 11 is 1.19. The van der Waals surface area contributed by atoms with E-state index in [1.165, 1.54) is 22.7 Å². The molecule has 1 fully saturated rings. The molecule has 10 heteroatoms. The first-order chi connectivity index (χ1) is 13.4. The number of carbonyl (C=O) groups is 2. The van der Waals surface area contributed by atoms with Crippen LogP contribution < -0.4 is 10.6 Å². The maximum absolute atomic E-state index is 12.7. The molecule has 0 spiro atoms. The van der Waals surface area contributed by atoms with E-state index in [0.29, 0.717) is 17.3 Å². The number of piperazine rings is 1. The molecule has 1 aromatic heterocycles. The second-order valence-electron chi connectivity index (χ2n) is 6.25. The van der Waals surface area contributed by atoms with Crippen LogP contribution in [0.15, 0.2) is 52.1 Å². The summed E-state index contributed by atoms with van der Waals surface area (Å²) in [7, 11) is -2.08. The first-order valence-corrected chi connectivity index (χ1v) is 11.1. The van der Waals surface area contributed by atoms with Crippen LogP contribution in [-0.4, -0.2) is 62.8 Å². The number of amides is 3. The van der Waals surface area contributed by atoms with Gasteiger partial charge in [0.15, 0.2) is 0 Å². The molecule has 2 aromatic rings. The zero-order chi connectivity index (χ0) is 20.1. The van der Waals surface area contributed by atoms with Gasteiger partial charge in [-0.25, -0.2) is 13.2 Å². The van der Waals surface area contributed by atoms with Crippen LogP contribution in [0.3, 0.4) is 0 Å². The predicted molar refractivity (Wildman–Crippen MR) is 106 cm³/mol. The number of benzene rings is 1. The molecule has 0 aliphatic carbocycles. The van der Waals surface area contributed by atoms with Crippen molar-refractivity contribution >= 4 is 33.3 Å². The number of nitrogens with zero attached hydrogens (tertiary/aromatic N) is 2. The zero-order valence-corrected chi connectivity index (χ0v) is 17.0. The van der Waals surface area contributed by atoms with Crippen LogP contribution in [0.5, 0.6) is 0 Å². The Hall–Kier alpha value is -2.27. The standard InChI is InChI=1S/C18H22N4O4S2/c1-19-18(24)20-17(23)16(14-6-3-2-4-7-14)21-9-11-22(12-10-21)28(25,26)15-8-5-13-27-15/h2-8,13,16H,9-12H2,1H3,(H2,19,20,23,24). The summed E-state index contributed by atoms with van der Waals surface area (Å²) in [5.74, 6) is -0.444. The van der Waals surface area contributed by atoms with E-state index in [-0.39, 0.29) is 13.1 Å². The molecule has 8 nitrogen and oxygen atoms in total. The van der Waals surface area contributed by atoms with E-state index in [4.69, 9.17) is 0 Å². The van der Waals surface area contributed by atoms with Crippen LogP contribution in [0.2, 0.25) is 0 Å². The van der Waals surface area contributed by atoms with Crippen LogP contribution in [0.25, 0.3) is 0 Å². The Bertz CT molecular complexity index is 908. The summed E-state index contributed by atoms with van der Waals surface area (Å²) in [5.41, 5.74) is 0.749. The molecule has 1 aliphatic heterocycles. The molecule has 1 aliphatic rings. The van der Waals surface area contributed by atoms with Crippen LogP contribution in [-0.2, 0) is 14.8 Å². The average Bonchev–Trinajstić information content (AvgIpc) is 3.25. The summed E-state index contributed by atoms with van der Waals surface area (Å²) in [5, 5.41) is 6.43. The van der Waals surface area contributed by atoms with Gasteiger partial charge in [0.25, 0.3) is 10.0 Å². The Kier molecular flexibility index (Phi) is 6.45. The minimum absolute atomic E-state index is 0.275. The Morgan fingerprint density at radius 1 is 1.04 bits per heavy atom. The van der Waals surface area contributed by atoms with Gasteiger partial charge in [-0.2, -0.15) is 4.31 Å². The first-order valence-electron chi connectivity index (χ1n) is 8.78. The van der Waals surface area contributed by atoms with Gasteiger partial charge in [0.1, 0.15) is 10.3 Å². The van der Waals surface area contributed by atoms with Crippen LogP contribution in [0.1, 0.15) is 11.6 Å². The summed E-state index contributed by atoms with van der Waals surface area (Å²) in [6.07, 6.45) is 0. The van der Waals surface area contributed by atoms with Crippen molar-refractivity contribution in [2.24, 2.45) is 0 Å². The normalized spacial score (nSPS) is 17.0. The number of nitrogens with one attached hydrogen (secondary N) is 2. The quantitative estimate of drug-likeness (QED) is 0.756. The van der Waals surface area contributed by atoms with Gasteiger partial charge >= 0.3 is 6.03 Å². The number of sulfonamides is 1. The molecule has 3 amide bonds. The van der Waals surface area contributed by atoms with Gasteiger partial charge in [0.2, 0.25) is 5.91 Å². The fourth-order valence-electron chi connectivity index (χ4n) is 3.15. The molecule has 1 atom stereocenters. The Labute approximate surface area is 168 Å². The fraction of sp³-hybridized carbons (Fsp3) is 0.333. The van der Waals surface area contributed by atoms with Crippen molar-refractivity contribution in [1.29, 1.82) is 0 Å². The van der Waals surface area contributed by atoms with E-state index in [1.54, 1.807) is 17.5 Å². The molecule has 1 saturated heterocycles. The number of thiophene rings is 1. The number of hydrogen-bond acceptors (Lipinski definition) is 6. The molecule has 2 N–H and O–H groups in total. The van der Waals surface area contributed by atoms with E-state index in [9.17, 15) is 18.0 Å². The van der Waals surface area contributed by atoms with Crippen molar-refractivity contribution in [2.45, 2.75) is 10.3 Å². The molecule has 150 valence electrons. The van der Waals surface area contributed by atoms with Gasteiger partial charge in [-0.05, 0) is 17.0 Å². The molecule has 28 heavy (non-hydrogen) atoms. The Balaban J connectivity index is 1.76. The smallest absolute Gasteiger partial charge is 0.321 e. The molecule has 0 radical (unpaired) electrons. The van der Waals surface area contributed by atoms with Crippen LogP contribution in [0.4, 0.5) is 4.79 Å². The van der Waals surface area contributed by atoms with Crippen LogP contribution >= 0.6 is 11.3 Å².